The van der Waals surface area contributed by atoms with E-state index in [4.69, 9.17) is 5.73 Å². The smallest absolute Gasteiger partial charge is 0.327 e. The van der Waals surface area contributed by atoms with E-state index in [1.165, 1.54) is 15.6 Å². The average Bonchev–Trinajstić information content (AvgIpc) is 3.35. The van der Waals surface area contributed by atoms with Crippen molar-refractivity contribution in [2.24, 2.45) is 5.73 Å². The zero-order valence-electron chi connectivity index (χ0n) is 15.1. The van der Waals surface area contributed by atoms with Crippen LogP contribution < -0.4 is 17.0 Å². The van der Waals surface area contributed by atoms with Crippen LogP contribution in [0, 0.1) is 0 Å². The number of nitrogens with two attached hydrogens (primary N) is 1. The van der Waals surface area contributed by atoms with E-state index in [-0.39, 0.29) is 24.3 Å². The summed E-state index contributed by atoms with van der Waals surface area (Å²) in [6.45, 7) is 0.452. The number of pyridine rings is 1. The number of halogens is 1. The second kappa shape index (κ2) is 7.69. The van der Waals surface area contributed by atoms with Gasteiger partial charge in [0.15, 0.2) is 0 Å². The van der Waals surface area contributed by atoms with Gasteiger partial charge in [-0.05, 0) is 36.6 Å². The standard InChI is InChI=1S/C19H20FN5O2S/c20-7-13(8-21)9-25-19(27)23(12-22-25)11-16-4-5-17(28-16)14-1-6-18(26)24(10-14)15-2-3-15/h1,4-7,10,12,15H,2-3,8-9,11,21H2/b13-7+. The lowest BCUT2D eigenvalue weighted by Gasteiger charge is -2.05. The molecule has 0 spiro atoms. The summed E-state index contributed by atoms with van der Waals surface area (Å²) in [7, 11) is 0. The lowest BCUT2D eigenvalue weighted by atomic mass is 10.2. The Morgan fingerprint density at radius 1 is 1.29 bits per heavy atom. The first kappa shape index (κ1) is 18.6. The third-order valence-electron chi connectivity index (χ3n) is 4.72. The molecule has 146 valence electrons. The van der Waals surface area contributed by atoms with Crippen LogP contribution in [-0.4, -0.2) is 25.5 Å². The molecule has 3 aromatic rings. The highest BCUT2D eigenvalue weighted by Gasteiger charge is 2.24. The quantitative estimate of drug-likeness (QED) is 0.657. The summed E-state index contributed by atoms with van der Waals surface area (Å²) in [5.41, 5.74) is 6.44. The van der Waals surface area contributed by atoms with Crippen molar-refractivity contribution in [2.45, 2.75) is 32.0 Å². The van der Waals surface area contributed by atoms with Gasteiger partial charge in [0.1, 0.15) is 6.33 Å². The number of aromatic nitrogens is 4. The maximum absolute atomic E-state index is 12.7. The monoisotopic (exact) mass is 401 g/mol. The summed E-state index contributed by atoms with van der Waals surface area (Å²) >= 11 is 1.56. The van der Waals surface area contributed by atoms with Crippen molar-refractivity contribution in [1.29, 1.82) is 0 Å². The normalized spacial score (nSPS) is 14.6. The number of thiophene rings is 1. The van der Waals surface area contributed by atoms with Crippen LogP contribution in [0.3, 0.4) is 0 Å². The molecule has 0 saturated heterocycles. The number of hydrogen-bond acceptors (Lipinski definition) is 5. The molecule has 4 rings (SSSR count). The first-order valence-corrected chi connectivity index (χ1v) is 9.82. The molecule has 28 heavy (non-hydrogen) atoms. The van der Waals surface area contributed by atoms with Gasteiger partial charge in [-0.15, -0.1) is 11.3 Å². The van der Waals surface area contributed by atoms with Gasteiger partial charge in [-0.2, -0.15) is 5.10 Å². The van der Waals surface area contributed by atoms with Crippen molar-refractivity contribution in [1.82, 2.24) is 18.9 Å². The highest BCUT2D eigenvalue weighted by atomic mass is 32.1. The summed E-state index contributed by atoms with van der Waals surface area (Å²) in [6, 6.07) is 7.72. The Bertz CT molecular complexity index is 1140. The van der Waals surface area contributed by atoms with E-state index in [0.29, 0.717) is 24.5 Å². The number of hydrogen-bond donors (Lipinski definition) is 1. The molecule has 1 aliphatic rings. The molecule has 0 amide bonds. The Balaban J connectivity index is 1.53. The van der Waals surface area contributed by atoms with Crippen LogP contribution in [0.5, 0.6) is 0 Å². The summed E-state index contributed by atoms with van der Waals surface area (Å²) in [6.07, 6.45) is 5.88. The highest BCUT2D eigenvalue weighted by Crippen LogP contribution is 2.35. The lowest BCUT2D eigenvalue weighted by Crippen LogP contribution is -2.26. The van der Waals surface area contributed by atoms with Crippen LogP contribution in [-0.2, 0) is 13.1 Å². The molecule has 0 radical (unpaired) electrons. The Labute approximate surface area is 164 Å². The van der Waals surface area contributed by atoms with Gasteiger partial charge in [0.05, 0.1) is 19.4 Å². The zero-order valence-corrected chi connectivity index (χ0v) is 15.9. The molecule has 0 bridgehead atoms. The highest BCUT2D eigenvalue weighted by molar-refractivity contribution is 7.15. The molecular weight excluding hydrogens is 381 g/mol. The van der Waals surface area contributed by atoms with Crippen molar-refractivity contribution in [3.63, 3.8) is 0 Å². The van der Waals surface area contributed by atoms with Crippen LogP contribution >= 0.6 is 11.3 Å². The molecule has 1 fully saturated rings. The van der Waals surface area contributed by atoms with E-state index in [0.717, 1.165) is 28.2 Å². The van der Waals surface area contributed by atoms with Gasteiger partial charge in [-0.25, -0.2) is 13.9 Å². The van der Waals surface area contributed by atoms with Gasteiger partial charge >= 0.3 is 5.69 Å². The fourth-order valence-corrected chi connectivity index (χ4v) is 3.99. The Kier molecular flexibility index (Phi) is 5.10. The topological polar surface area (TPSA) is 87.8 Å². The van der Waals surface area contributed by atoms with Crippen LogP contribution in [0.2, 0.25) is 0 Å². The molecule has 0 atom stereocenters. The van der Waals surface area contributed by atoms with Crippen molar-refractivity contribution < 1.29 is 4.39 Å². The van der Waals surface area contributed by atoms with E-state index < -0.39 is 0 Å². The molecule has 1 aliphatic carbocycles. The minimum absolute atomic E-state index is 0.0289. The van der Waals surface area contributed by atoms with E-state index in [1.807, 2.05) is 24.4 Å². The second-order valence-electron chi connectivity index (χ2n) is 6.83. The van der Waals surface area contributed by atoms with Gasteiger partial charge in [0, 0.05) is 40.2 Å². The van der Waals surface area contributed by atoms with Crippen molar-refractivity contribution in [2.75, 3.05) is 6.54 Å². The molecule has 0 aliphatic heterocycles. The van der Waals surface area contributed by atoms with Gasteiger partial charge in [-0.3, -0.25) is 9.36 Å². The Morgan fingerprint density at radius 2 is 2.11 bits per heavy atom. The predicted molar refractivity (Wildman–Crippen MR) is 106 cm³/mol. The van der Waals surface area contributed by atoms with Crippen molar-refractivity contribution >= 4 is 11.3 Å². The molecule has 0 aromatic carbocycles. The SMILES string of the molecule is NC/C(=C\F)Cn1ncn(Cc2ccc(-c3ccc(=O)n(C4CC4)c3)s2)c1=O. The molecule has 9 heteroatoms. The molecular formula is C19H20FN5O2S. The summed E-state index contributed by atoms with van der Waals surface area (Å²) in [4.78, 5) is 26.4. The zero-order chi connectivity index (χ0) is 19.7. The lowest BCUT2D eigenvalue weighted by molar-refractivity contribution is 0.604. The van der Waals surface area contributed by atoms with Crippen LogP contribution in [0.4, 0.5) is 4.39 Å². The number of rotatable bonds is 7. The molecule has 3 aromatic heterocycles. The van der Waals surface area contributed by atoms with E-state index >= 15 is 0 Å². The van der Waals surface area contributed by atoms with Crippen LogP contribution in [0.1, 0.15) is 23.8 Å². The summed E-state index contributed by atoms with van der Waals surface area (Å²) in [5, 5.41) is 4.03. The Hall–Kier alpha value is -2.78. The molecule has 1 saturated carbocycles. The molecule has 0 unspecified atom stereocenters. The molecule has 7 nitrogen and oxygen atoms in total. The van der Waals surface area contributed by atoms with Gasteiger partial charge < -0.3 is 10.3 Å². The third kappa shape index (κ3) is 3.76. The van der Waals surface area contributed by atoms with Gasteiger partial charge in [-0.1, -0.05) is 0 Å². The van der Waals surface area contributed by atoms with Crippen LogP contribution in [0.25, 0.3) is 10.4 Å². The van der Waals surface area contributed by atoms with Crippen LogP contribution in [0.15, 0.2) is 58.3 Å². The minimum Gasteiger partial charge on any atom is -0.327 e. The van der Waals surface area contributed by atoms with E-state index in [2.05, 4.69) is 5.10 Å². The fraction of sp³-hybridized carbons (Fsp3) is 0.316. The number of nitrogens with zero attached hydrogens (tertiary/aromatic N) is 4. The van der Waals surface area contributed by atoms with E-state index in [9.17, 15) is 14.0 Å². The molecule has 3 heterocycles. The largest absolute Gasteiger partial charge is 0.346 e. The summed E-state index contributed by atoms with van der Waals surface area (Å²) < 4.78 is 17.2. The van der Waals surface area contributed by atoms with E-state index in [1.54, 1.807) is 22.0 Å². The average molecular weight is 401 g/mol. The summed E-state index contributed by atoms with van der Waals surface area (Å²) in [5.74, 6) is 0. The third-order valence-corrected chi connectivity index (χ3v) is 5.84. The second-order valence-corrected chi connectivity index (χ2v) is 8.00. The molecule has 2 N–H and O–H groups in total. The van der Waals surface area contributed by atoms with Gasteiger partial charge in [0.2, 0.25) is 0 Å². The van der Waals surface area contributed by atoms with Crippen molar-refractivity contribution in [3.05, 3.63) is 74.4 Å². The Morgan fingerprint density at radius 3 is 2.82 bits per heavy atom. The van der Waals surface area contributed by atoms with Gasteiger partial charge in [0.25, 0.3) is 5.56 Å². The fourth-order valence-electron chi connectivity index (χ4n) is 3.00. The maximum Gasteiger partial charge on any atom is 0.346 e. The minimum atomic E-state index is -0.315. The predicted octanol–water partition coefficient (Wildman–Crippen LogP) is 2.13. The van der Waals surface area contributed by atoms with Crippen molar-refractivity contribution in [3.8, 4) is 10.4 Å². The first-order chi connectivity index (χ1) is 13.6. The maximum atomic E-state index is 12.7. The first-order valence-electron chi connectivity index (χ1n) is 9.00.